The highest BCUT2D eigenvalue weighted by Gasteiger charge is 2.16. The van der Waals surface area contributed by atoms with E-state index in [1.165, 1.54) is 18.7 Å². The molecule has 7 heteroatoms. The summed E-state index contributed by atoms with van der Waals surface area (Å²) < 4.78 is 0. The number of hydrogen-bond donors (Lipinski definition) is 3. The van der Waals surface area contributed by atoms with Gasteiger partial charge in [-0.1, -0.05) is 36.4 Å². The standard InChI is InChI=1S/C24H22N2O4S/c1-15(24(29)30)14-22(27)25-18-10-12-19(13-11-18)31-16(2)23(28)26-21-9-5-7-17-6-3-4-8-20(17)21/h3-14,16H,1-2H3,(H,25,27)(H,26,28)(H,29,30)/b15-14+/t16-/m0/s1. The van der Waals surface area contributed by atoms with E-state index in [0.717, 1.165) is 27.4 Å². The van der Waals surface area contributed by atoms with Gasteiger partial charge in [-0.05, 0) is 49.6 Å². The fourth-order valence-corrected chi connectivity index (χ4v) is 3.75. The second kappa shape index (κ2) is 9.95. The van der Waals surface area contributed by atoms with Crippen molar-refractivity contribution < 1.29 is 19.5 Å². The van der Waals surface area contributed by atoms with E-state index in [2.05, 4.69) is 10.6 Å². The van der Waals surface area contributed by atoms with Crippen LogP contribution in [-0.2, 0) is 14.4 Å². The van der Waals surface area contributed by atoms with Gasteiger partial charge in [-0.25, -0.2) is 4.79 Å². The van der Waals surface area contributed by atoms with Gasteiger partial charge in [-0.2, -0.15) is 0 Å². The minimum absolute atomic E-state index is 0.0456. The van der Waals surface area contributed by atoms with Crippen molar-refractivity contribution in [1.29, 1.82) is 0 Å². The van der Waals surface area contributed by atoms with Crippen LogP contribution in [0.5, 0.6) is 0 Å². The number of nitrogens with one attached hydrogen (secondary N) is 2. The van der Waals surface area contributed by atoms with Crippen molar-refractivity contribution in [2.75, 3.05) is 10.6 Å². The number of anilines is 2. The largest absolute Gasteiger partial charge is 0.478 e. The molecular weight excluding hydrogens is 412 g/mol. The van der Waals surface area contributed by atoms with Gasteiger partial charge in [0.25, 0.3) is 0 Å². The summed E-state index contributed by atoms with van der Waals surface area (Å²) in [4.78, 5) is 36.2. The fourth-order valence-electron chi connectivity index (χ4n) is 2.88. The Morgan fingerprint density at radius 2 is 1.61 bits per heavy atom. The Hall–Kier alpha value is -3.58. The van der Waals surface area contributed by atoms with Crippen molar-refractivity contribution in [2.24, 2.45) is 0 Å². The second-order valence-corrected chi connectivity index (χ2v) is 8.34. The summed E-state index contributed by atoms with van der Waals surface area (Å²) in [5.41, 5.74) is 1.27. The van der Waals surface area contributed by atoms with Crippen molar-refractivity contribution in [3.8, 4) is 0 Å². The lowest BCUT2D eigenvalue weighted by molar-refractivity contribution is -0.132. The number of carboxylic acid groups (broad SMARTS) is 1. The lowest BCUT2D eigenvalue weighted by Crippen LogP contribution is -2.22. The smallest absolute Gasteiger partial charge is 0.331 e. The summed E-state index contributed by atoms with van der Waals surface area (Å²) in [5.74, 6) is -1.76. The first-order valence-corrected chi connectivity index (χ1v) is 10.5. The number of carbonyl (C=O) groups excluding carboxylic acids is 2. The average Bonchev–Trinajstić information content (AvgIpc) is 2.75. The van der Waals surface area contributed by atoms with Gasteiger partial charge in [0.1, 0.15) is 0 Å². The Morgan fingerprint density at radius 1 is 0.935 bits per heavy atom. The second-order valence-electron chi connectivity index (χ2n) is 6.92. The topological polar surface area (TPSA) is 95.5 Å². The van der Waals surface area contributed by atoms with Crippen LogP contribution in [0.15, 0.2) is 83.3 Å². The highest BCUT2D eigenvalue weighted by atomic mass is 32.2. The molecule has 3 aromatic carbocycles. The number of aliphatic carboxylic acids is 1. The zero-order valence-electron chi connectivity index (χ0n) is 17.1. The number of fused-ring (bicyclic) bond motifs is 1. The maximum atomic E-state index is 12.7. The van der Waals surface area contributed by atoms with Crippen molar-refractivity contribution in [3.63, 3.8) is 0 Å². The molecule has 3 rings (SSSR count). The van der Waals surface area contributed by atoms with Crippen LogP contribution in [0, 0.1) is 0 Å². The summed E-state index contributed by atoms with van der Waals surface area (Å²) in [5, 5.41) is 16.2. The van der Waals surface area contributed by atoms with E-state index >= 15 is 0 Å². The first kappa shape index (κ1) is 22.1. The normalized spacial score (nSPS) is 12.3. The predicted octanol–water partition coefficient (Wildman–Crippen LogP) is 4.93. The minimum atomic E-state index is -1.14. The third kappa shape index (κ3) is 5.96. The van der Waals surface area contributed by atoms with Gasteiger partial charge < -0.3 is 15.7 Å². The Kier molecular flexibility index (Phi) is 7.10. The quantitative estimate of drug-likeness (QED) is 0.362. The van der Waals surface area contributed by atoms with Crippen LogP contribution in [0.4, 0.5) is 11.4 Å². The monoisotopic (exact) mass is 434 g/mol. The predicted molar refractivity (Wildman–Crippen MR) is 124 cm³/mol. The summed E-state index contributed by atoms with van der Waals surface area (Å²) in [6.45, 7) is 3.19. The zero-order chi connectivity index (χ0) is 22.4. The molecule has 0 fully saturated rings. The highest BCUT2D eigenvalue weighted by molar-refractivity contribution is 8.00. The van der Waals surface area contributed by atoms with Crippen LogP contribution in [0.25, 0.3) is 10.8 Å². The molecule has 0 aliphatic rings. The third-order valence-corrected chi connectivity index (χ3v) is 5.65. The molecule has 0 aliphatic heterocycles. The number of thioether (sulfide) groups is 1. The van der Waals surface area contributed by atoms with E-state index in [0.29, 0.717) is 5.69 Å². The van der Waals surface area contributed by atoms with E-state index in [4.69, 9.17) is 5.11 Å². The van der Waals surface area contributed by atoms with E-state index in [-0.39, 0.29) is 16.7 Å². The molecule has 2 amide bonds. The van der Waals surface area contributed by atoms with Gasteiger partial charge in [0.2, 0.25) is 11.8 Å². The Bertz CT molecular complexity index is 1150. The van der Waals surface area contributed by atoms with Gasteiger partial charge in [0, 0.05) is 33.3 Å². The van der Waals surface area contributed by atoms with Crippen molar-refractivity contribution in [3.05, 3.63) is 78.4 Å². The Morgan fingerprint density at radius 3 is 2.32 bits per heavy atom. The van der Waals surface area contributed by atoms with Crippen LogP contribution in [-0.4, -0.2) is 28.1 Å². The molecule has 1 atom stereocenters. The van der Waals surface area contributed by atoms with Crippen molar-refractivity contribution in [1.82, 2.24) is 0 Å². The molecular formula is C24H22N2O4S. The minimum Gasteiger partial charge on any atom is -0.478 e. The molecule has 0 radical (unpaired) electrons. The van der Waals surface area contributed by atoms with E-state index < -0.39 is 11.9 Å². The molecule has 0 bridgehead atoms. The van der Waals surface area contributed by atoms with Gasteiger partial charge in [-0.15, -0.1) is 11.8 Å². The lowest BCUT2D eigenvalue weighted by atomic mass is 10.1. The number of carbonyl (C=O) groups is 3. The molecule has 0 unspecified atom stereocenters. The van der Waals surface area contributed by atoms with Crippen molar-refractivity contribution >= 4 is 51.7 Å². The van der Waals surface area contributed by atoms with Gasteiger partial charge >= 0.3 is 5.97 Å². The van der Waals surface area contributed by atoms with Crippen LogP contribution >= 0.6 is 11.8 Å². The van der Waals surface area contributed by atoms with E-state index in [9.17, 15) is 14.4 Å². The molecule has 0 saturated heterocycles. The van der Waals surface area contributed by atoms with Gasteiger partial charge in [0.05, 0.1) is 5.25 Å². The average molecular weight is 435 g/mol. The first-order chi connectivity index (χ1) is 14.8. The highest BCUT2D eigenvalue weighted by Crippen LogP contribution is 2.27. The summed E-state index contributed by atoms with van der Waals surface area (Å²) in [6.07, 6.45) is 1.03. The van der Waals surface area contributed by atoms with Gasteiger partial charge in [0.15, 0.2) is 0 Å². The molecule has 6 nitrogen and oxygen atoms in total. The first-order valence-electron chi connectivity index (χ1n) is 9.61. The lowest BCUT2D eigenvalue weighted by Gasteiger charge is -2.14. The van der Waals surface area contributed by atoms with E-state index in [1.807, 2.05) is 49.4 Å². The van der Waals surface area contributed by atoms with E-state index in [1.54, 1.807) is 24.3 Å². The van der Waals surface area contributed by atoms with Gasteiger partial charge in [-0.3, -0.25) is 9.59 Å². The van der Waals surface area contributed by atoms with Crippen molar-refractivity contribution in [2.45, 2.75) is 24.0 Å². The molecule has 0 saturated carbocycles. The summed E-state index contributed by atoms with van der Waals surface area (Å²) >= 11 is 1.40. The van der Waals surface area contributed by atoms with Crippen LogP contribution < -0.4 is 10.6 Å². The fraction of sp³-hybridized carbons (Fsp3) is 0.125. The van der Waals surface area contributed by atoms with Crippen LogP contribution in [0.3, 0.4) is 0 Å². The maximum Gasteiger partial charge on any atom is 0.331 e. The zero-order valence-corrected chi connectivity index (χ0v) is 17.9. The maximum absolute atomic E-state index is 12.7. The molecule has 0 aliphatic carbocycles. The molecule has 0 spiro atoms. The molecule has 31 heavy (non-hydrogen) atoms. The number of benzene rings is 3. The summed E-state index contributed by atoms with van der Waals surface area (Å²) in [6, 6.07) is 20.7. The number of rotatable bonds is 7. The van der Waals surface area contributed by atoms with Crippen LogP contribution in [0.2, 0.25) is 0 Å². The molecule has 3 aromatic rings. The number of hydrogen-bond acceptors (Lipinski definition) is 4. The Labute approximate surface area is 184 Å². The molecule has 0 heterocycles. The Balaban J connectivity index is 1.60. The number of amides is 2. The summed E-state index contributed by atoms with van der Waals surface area (Å²) in [7, 11) is 0. The third-order valence-electron chi connectivity index (χ3n) is 4.54. The molecule has 3 N–H and O–H groups in total. The SMILES string of the molecule is C/C(=C\C(=O)Nc1ccc(S[C@@H](C)C(=O)Nc2cccc3ccccc23)cc1)C(=O)O. The number of carboxylic acids is 1. The van der Waals surface area contributed by atoms with Crippen LogP contribution in [0.1, 0.15) is 13.8 Å². The molecule has 0 aromatic heterocycles. The molecule has 158 valence electrons.